The van der Waals surface area contributed by atoms with Crippen LogP contribution in [0.4, 0.5) is 5.69 Å². The van der Waals surface area contributed by atoms with Crippen LogP contribution in [-0.2, 0) is 9.31 Å². The van der Waals surface area contributed by atoms with E-state index in [1.54, 1.807) is 30.3 Å². The summed E-state index contributed by atoms with van der Waals surface area (Å²) in [4.78, 5) is 18.5. The third kappa shape index (κ3) is 3.39. The highest BCUT2D eigenvalue weighted by Crippen LogP contribution is 2.36. The zero-order chi connectivity index (χ0) is 19.1. The van der Waals surface area contributed by atoms with Crippen molar-refractivity contribution in [2.45, 2.75) is 45.8 Å². The summed E-state index contributed by atoms with van der Waals surface area (Å²) >= 11 is 0. The van der Waals surface area contributed by atoms with Crippen LogP contribution in [0.3, 0.4) is 0 Å². The molecule has 3 rings (SSSR count). The summed E-state index contributed by atoms with van der Waals surface area (Å²) in [5, 5.41) is 0. The van der Waals surface area contributed by atoms with E-state index in [-0.39, 0.29) is 17.1 Å². The van der Waals surface area contributed by atoms with Gasteiger partial charge in [-0.1, -0.05) is 12.1 Å². The van der Waals surface area contributed by atoms with Gasteiger partial charge in [-0.25, -0.2) is 0 Å². The molecular weight excluding hydrogens is 327 g/mol. The molecule has 0 atom stereocenters. The molecule has 136 valence electrons. The van der Waals surface area contributed by atoms with Crippen LogP contribution in [0.5, 0.6) is 0 Å². The maximum absolute atomic E-state index is 12.7. The van der Waals surface area contributed by atoms with Gasteiger partial charge in [0.25, 0.3) is 5.91 Å². The van der Waals surface area contributed by atoms with E-state index in [4.69, 9.17) is 9.31 Å². The second kappa shape index (κ2) is 6.52. The molecule has 1 aromatic heterocycles. The molecule has 6 heteroatoms. The third-order valence-electron chi connectivity index (χ3n) is 5.27. The molecule has 2 heterocycles. The maximum Gasteiger partial charge on any atom is 0.494 e. The van der Waals surface area contributed by atoms with Gasteiger partial charge < -0.3 is 14.2 Å². The molecule has 1 amide bonds. The van der Waals surface area contributed by atoms with Crippen LogP contribution < -0.4 is 10.4 Å². The first-order chi connectivity index (χ1) is 12.1. The van der Waals surface area contributed by atoms with E-state index < -0.39 is 7.12 Å². The SMILES string of the molecule is Cc1ccc(N(C)C(=O)c2ccc(B3OC(C)(C)C(C)(C)O3)cc2)cn1. The summed E-state index contributed by atoms with van der Waals surface area (Å²) in [6.07, 6.45) is 1.70. The highest BCUT2D eigenvalue weighted by atomic mass is 16.7. The van der Waals surface area contributed by atoms with Crippen LogP contribution in [0.2, 0.25) is 0 Å². The van der Waals surface area contributed by atoms with Gasteiger partial charge >= 0.3 is 7.12 Å². The lowest BCUT2D eigenvalue weighted by atomic mass is 9.79. The number of hydrogen-bond acceptors (Lipinski definition) is 4. The Labute approximate surface area is 155 Å². The monoisotopic (exact) mass is 352 g/mol. The zero-order valence-corrected chi connectivity index (χ0v) is 16.2. The largest absolute Gasteiger partial charge is 0.494 e. The van der Waals surface area contributed by atoms with Crippen LogP contribution in [0.25, 0.3) is 0 Å². The van der Waals surface area contributed by atoms with Crippen LogP contribution in [0.1, 0.15) is 43.7 Å². The molecule has 5 nitrogen and oxygen atoms in total. The summed E-state index contributed by atoms with van der Waals surface area (Å²) in [6, 6.07) is 11.2. The molecule has 1 aromatic carbocycles. The minimum absolute atomic E-state index is 0.0869. The first-order valence-electron chi connectivity index (χ1n) is 8.77. The van der Waals surface area contributed by atoms with E-state index in [0.29, 0.717) is 5.56 Å². The molecule has 0 bridgehead atoms. The Morgan fingerprint density at radius 1 is 1.00 bits per heavy atom. The van der Waals surface area contributed by atoms with Gasteiger partial charge in [0.1, 0.15) is 0 Å². The first kappa shape index (κ1) is 18.6. The normalized spacial score (nSPS) is 18.0. The van der Waals surface area contributed by atoms with Crippen molar-refractivity contribution in [3.05, 3.63) is 53.9 Å². The molecule has 1 aliphatic heterocycles. The highest BCUT2D eigenvalue weighted by Gasteiger charge is 2.51. The van der Waals surface area contributed by atoms with Crippen LogP contribution in [-0.4, -0.2) is 36.3 Å². The average molecular weight is 352 g/mol. The Morgan fingerprint density at radius 3 is 2.08 bits per heavy atom. The van der Waals surface area contributed by atoms with Gasteiger partial charge in [-0.2, -0.15) is 0 Å². The Balaban J connectivity index is 1.75. The van der Waals surface area contributed by atoms with E-state index in [1.165, 1.54) is 0 Å². The first-order valence-corrected chi connectivity index (χ1v) is 8.77. The van der Waals surface area contributed by atoms with Crippen molar-refractivity contribution < 1.29 is 14.1 Å². The Kier molecular flexibility index (Phi) is 4.67. The fourth-order valence-electron chi connectivity index (χ4n) is 2.73. The number of aromatic nitrogens is 1. The van der Waals surface area contributed by atoms with Crippen molar-refractivity contribution in [1.82, 2.24) is 4.98 Å². The van der Waals surface area contributed by atoms with Crippen molar-refractivity contribution in [2.75, 3.05) is 11.9 Å². The molecule has 2 aromatic rings. The summed E-state index contributed by atoms with van der Waals surface area (Å²) in [7, 11) is 1.32. The van der Waals surface area contributed by atoms with E-state index >= 15 is 0 Å². The molecule has 0 spiro atoms. The number of carbonyl (C=O) groups is 1. The minimum Gasteiger partial charge on any atom is -0.399 e. The van der Waals surface area contributed by atoms with Gasteiger partial charge in [0.2, 0.25) is 0 Å². The number of amides is 1. The number of pyridine rings is 1. The van der Waals surface area contributed by atoms with E-state index in [2.05, 4.69) is 4.98 Å². The Morgan fingerprint density at radius 2 is 1.58 bits per heavy atom. The van der Waals surface area contributed by atoms with Crippen LogP contribution in [0.15, 0.2) is 42.6 Å². The number of nitrogens with zero attached hydrogens (tertiary/aromatic N) is 2. The quantitative estimate of drug-likeness (QED) is 0.797. The number of aryl methyl sites for hydroxylation is 1. The molecule has 0 saturated carbocycles. The minimum atomic E-state index is -0.428. The molecule has 1 saturated heterocycles. The fraction of sp³-hybridized carbons (Fsp3) is 0.400. The summed E-state index contributed by atoms with van der Waals surface area (Å²) in [5.41, 5.74) is 2.42. The second-order valence-electron chi connectivity index (χ2n) is 7.73. The lowest BCUT2D eigenvalue weighted by molar-refractivity contribution is 0.00578. The van der Waals surface area contributed by atoms with Crippen molar-refractivity contribution in [2.24, 2.45) is 0 Å². The van der Waals surface area contributed by atoms with Crippen LogP contribution in [0, 0.1) is 6.92 Å². The van der Waals surface area contributed by atoms with E-state index in [0.717, 1.165) is 16.8 Å². The molecule has 26 heavy (non-hydrogen) atoms. The number of benzene rings is 1. The number of hydrogen-bond donors (Lipinski definition) is 0. The molecule has 0 radical (unpaired) electrons. The predicted octanol–water partition coefficient (Wildman–Crippen LogP) is 2.97. The second-order valence-corrected chi connectivity index (χ2v) is 7.73. The predicted molar refractivity (Wildman–Crippen MR) is 104 cm³/mol. The molecule has 0 unspecified atom stereocenters. The molecule has 0 aliphatic carbocycles. The fourth-order valence-corrected chi connectivity index (χ4v) is 2.73. The third-order valence-corrected chi connectivity index (χ3v) is 5.27. The van der Waals surface area contributed by atoms with Crippen LogP contribution >= 0.6 is 0 Å². The van der Waals surface area contributed by atoms with Gasteiger partial charge in [0.15, 0.2) is 0 Å². The molecule has 1 aliphatic rings. The maximum atomic E-state index is 12.7. The van der Waals surface area contributed by atoms with Crippen molar-refractivity contribution in [3.8, 4) is 0 Å². The van der Waals surface area contributed by atoms with Crippen molar-refractivity contribution in [3.63, 3.8) is 0 Å². The van der Waals surface area contributed by atoms with Gasteiger partial charge in [0.05, 0.1) is 23.1 Å². The van der Waals surface area contributed by atoms with Gasteiger partial charge in [0, 0.05) is 18.3 Å². The van der Waals surface area contributed by atoms with Crippen molar-refractivity contribution >= 4 is 24.2 Å². The van der Waals surface area contributed by atoms with E-state index in [1.807, 2.05) is 58.9 Å². The summed E-state index contributed by atoms with van der Waals surface area (Å²) < 4.78 is 12.1. The Hall–Kier alpha value is -2.18. The standard InChI is InChI=1S/C20H25BN2O3/c1-14-7-12-17(13-22-14)23(6)18(24)15-8-10-16(11-9-15)21-25-19(2,3)20(4,5)26-21/h7-13H,1-6H3. The highest BCUT2D eigenvalue weighted by molar-refractivity contribution is 6.62. The van der Waals surface area contributed by atoms with Gasteiger partial charge in [-0.15, -0.1) is 0 Å². The Bertz CT molecular complexity index is 785. The summed E-state index contributed by atoms with van der Waals surface area (Å²) in [5.74, 6) is -0.0869. The van der Waals surface area contributed by atoms with E-state index in [9.17, 15) is 4.79 Å². The lowest BCUT2D eigenvalue weighted by Gasteiger charge is -2.32. The number of carbonyl (C=O) groups excluding carboxylic acids is 1. The van der Waals surface area contributed by atoms with Crippen molar-refractivity contribution in [1.29, 1.82) is 0 Å². The summed E-state index contributed by atoms with van der Waals surface area (Å²) in [6.45, 7) is 10.0. The smallest absolute Gasteiger partial charge is 0.399 e. The number of rotatable bonds is 3. The van der Waals surface area contributed by atoms with Gasteiger partial charge in [-0.3, -0.25) is 9.78 Å². The molecular formula is C20H25BN2O3. The topological polar surface area (TPSA) is 51.7 Å². The lowest BCUT2D eigenvalue weighted by Crippen LogP contribution is -2.41. The molecule has 1 fully saturated rings. The zero-order valence-electron chi connectivity index (χ0n) is 16.2. The average Bonchev–Trinajstić information content (AvgIpc) is 2.82. The van der Waals surface area contributed by atoms with Gasteiger partial charge in [-0.05, 0) is 64.3 Å². The number of anilines is 1. The molecule has 0 N–H and O–H groups in total.